The van der Waals surface area contributed by atoms with Gasteiger partial charge in [-0.15, -0.1) is 0 Å². The van der Waals surface area contributed by atoms with Gasteiger partial charge in [-0.05, 0) is 19.9 Å². The molecule has 5 heteroatoms. The molecule has 0 bridgehead atoms. The first-order valence-electron chi connectivity index (χ1n) is 6.73. The summed E-state index contributed by atoms with van der Waals surface area (Å²) in [6, 6.07) is 0. The third-order valence-corrected chi connectivity index (χ3v) is 3.51. The normalized spacial score (nSPS) is 16.9. The molecule has 0 unspecified atom stereocenters. The number of aromatic nitrogens is 2. The van der Waals surface area contributed by atoms with Crippen molar-refractivity contribution in [2.45, 2.75) is 20.3 Å². The standard InChI is InChI=1S/C13H23N5/c1-4-5-17-6-8-18(9-7-17)13-11(2)12(14-3)15-10-16-13/h10H,4-9H2,1-3H3,(H,14,15,16). The Morgan fingerprint density at radius 1 is 1.22 bits per heavy atom. The van der Waals surface area contributed by atoms with E-state index in [1.807, 2.05) is 7.05 Å². The van der Waals surface area contributed by atoms with Crippen LogP contribution in [-0.4, -0.2) is 54.6 Å². The third-order valence-electron chi connectivity index (χ3n) is 3.51. The van der Waals surface area contributed by atoms with E-state index >= 15 is 0 Å². The monoisotopic (exact) mass is 249 g/mol. The van der Waals surface area contributed by atoms with Gasteiger partial charge in [-0.2, -0.15) is 0 Å². The van der Waals surface area contributed by atoms with Gasteiger partial charge in [0.1, 0.15) is 18.0 Å². The first kappa shape index (κ1) is 13.1. The number of hydrogen-bond donors (Lipinski definition) is 1. The minimum Gasteiger partial charge on any atom is -0.373 e. The quantitative estimate of drug-likeness (QED) is 0.873. The zero-order valence-electron chi connectivity index (χ0n) is 11.6. The van der Waals surface area contributed by atoms with Crippen LogP contribution in [0, 0.1) is 6.92 Å². The number of nitrogens with one attached hydrogen (secondary N) is 1. The van der Waals surface area contributed by atoms with Crippen molar-refractivity contribution < 1.29 is 0 Å². The maximum atomic E-state index is 4.44. The molecule has 0 saturated carbocycles. The van der Waals surface area contributed by atoms with E-state index < -0.39 is 0 Å². The molecule has 1 fully saturated rings. The van der Waals surface area contributed by atoms with E-state index in [0.717, 1.165) is 43.4 Å². The maximum Gasteiger partial charge on any atom is 0.137 e. The van der Waals surface area contributed by atoms with Crippen LogP contribution >= 0.6 is 0 Å². The van der Waals surface area contributed by atoms with Crippen LogP contribution < -0.4 is 10.2 Å². The van der Waals surface area contributed by atoms with Crippen LogP contribution in [0.4, 0.5) is 11.6 Å². The molecule has 1 N–H and O–H groups in total. The number of nitrogens with zero attached hydrogens (tertiary/aromatic N) is 4. The second kappa shape index (κ2) is 6.00. The first-order chi connectivity index (χ1) is 8.76. The fourth-order valence-corrected chi connectivity index (χ4v) is 2.51. The van der Waals surface area contributed by atoms with Crippen molar-refractivity contribution in [2.75, 3.05) is 50.0 Å². The van der Waals surface area contributed by atoms with Gasteiger partial charge in [0.2, 0.25) is 0 Å². The highest BCUT2D eigenvalue weighted by Crippen LogP contribution is 2.22. The van der Waals surface area contributed by atoms with Gasteiger partial charge in [0, 0.05) is 38.8 Å². The molecule has 1 saturated heterocycles. The van der Waals surface area contributed by atoms with Gasteiger partial charge in [0.25, 0.3) is 0 Å². The van der Waals surface area contributed by atoms with Crippen molar-refractivity contribution >= 4 is 11.6 Å². The molecule has 0 amide bonds. The Kier molecular flexibility index (Phi) is 4.36. The molecule has 0 spiro atoms. The van der Waals surface area contributed by atoms with E-state index in [-0.39, 0.29) is 0 Å². The molecule has 0 atom stereocenters. The lowest BCUT2D eigenvalue weighted by atomic mass is 10.2. The molecule has 100 valence electrons. The molecular weight excluding hydrogens is 226 g/mol. The lowest BCUT2D eigenvalue weighted by Gasteiger charge is -2.35. The topological polar surface area (TPSA) is 44.3 Å². The van der Waals surface area contributed by atoms with Crippen LogP contribution in [0.2, 0.25) is 0 Å². The Hall–Kier alpha value is -1.36. The van der Waals surface area contributed by atoms with Crippen LogP contribution in [0.5, 0.6) is 0 Å². The van der Waals surface area contributed by atoms with Gasteiger partial charge in [-0.3, -0.25) is 4.90 Å². The predicted octanol–water partition coefficient (Wildman–Crippen LogP) is 1.36. The van der Waals surface area contributed by atoms with E-state index in [4.69, 9.17) is 0 Å². The van der Waals surface area contributed by atoms with Crippen LogP contribution in [-0.2, 0) is 0 Å². The smallest absolute Gasteiger partial charge is 0.137 e. The highest BCUT2D eigenvalue weighted by molar-refractivity contribution is 5.57. The maximum absolute atomic E-state index is 4.44. The van der Waals surface area contributed by atoms with Gasteiger partial charge < -0.3 is 10.2 Å². The third kappa shape index (κ3) is 2.72. The number of rotatable bonds is 4. The summed E-state index contributed by atoms with van der Waals surface area (Å²) in [7, 11) is 1.90. The second-order valence-corrected chi connectivity index (χ2v) is 4.75. The van der Waals surface area contributed by atoms with E-state index in [9.17, 15) is 0 Å². The first-order valence-corrected chi connectivity index (χ1v) is 6.73. The fourth-order valence-electron chi connectivity index (χ4n) is 2.51. The summed E-state index contributed by atoms with van der Waals surface area (Å²) in [6.45, 7) is 9.90. The highest BCUT2D eigenvalue weighted by Gasteiger charge is 2.19. The van der Waals surface area contributed by atoms with E-state index in [1.54, 1.807) is 6.33 Å². The molecule has 2 heterocycles. The molecule has 1 aliphatic heterocycles. The van der Waals surface area contributed by atoms with Crippen molar-refractivity contribution in [1.82, 2.24) is 14.9 Å². The highest BCUT2D eigenvalue weighted by atomic mass is 15.3. The van der Waals surface area contributed by atoms with E-state index in [0.29, 0.717) is 0 Å². The van der Waals surface area contributed by atoms with Crippen molar-refractivity contribution in [3.8, 4) is 0 Å². The number of piperazine rings is 1. The van der Waals surface area contributed by atoms with Crippen molar-refractivity contribution in [2.24, 2.45) is 0 Å². The summed E-state index contributed by atoms with van der Waals surface area (Å²) in [5, 5.41) is 3.12. The van der Waals surface area contributed by atoms with Crippen LogP contribution in [0.3, 0.4) is 0 Å². The SMILES string of the molecule is CCCN1CCN(c2ncnc(NC)c2C)CC1. The Morgan fingerprint density at radius 2 is 1.94 bits per heavy atom. The summed E-state index contributed by atoms with van der Waals surface area (Å²) in [4.78, 5) is 13.6. The Balaban J connectivity index is 2.05. The minimum atomic E-state index is 0.927. The molecule has 0 aromatic carbocycles. The Morgan fingerprint density at radius 3 is 2.56 bits per heavy atom. The molecule has 0 aliphatic carbocycles. The molecule has 0 radical (unpaired) electrons. The number of hydrogen-bond acceptors (Lipinski definition) is 5. The Bertz CT molecular complexity index is 385. The number of anilines is 2. The van der Waals surface area contributed by atoms with Crippen molar-refractivity contribution in [1.29, 1.82) is 0 Å². The second-order valence-electron chi connectivity index (χ2n) is 4.75. The molecule has 5 nitrogen and oxygen atoms in total. The van der Waals surface area contributed by atoms with Crippen molar-refractivity contribution in [3.63, 3.8) is 0 Å². The van der Waals surface area contributed by atoms with Gasteiger partial charge >= 0.3 is 0 Å². The molecule has 18 heavy (non-hydrogen) atoms. The summed E-state index contributed by atoms with van der Waals surface area (Å²) < 4.78 is 0. The van der Waals surface area contributed by atoms with Gasteiger partial charge in [-0.25, -0.2) is 9.97 Å². The summed E-state index contributed by atoms with van der Waals surface area (Å²) in [5.41, 5.74) is 1.14. The molecule has 2 rings (SSSR count). The largest absolute Gasteiger partial charge is 0.373 e. The van der Waals surface area contributed by atoms with Crippen LogP contribution in [0.25, 0.3) is 0 Å². The predicted molar refractivity (Wildman–Crippen MR) is 75.3 cm³/mol. The van der Waals surface area contributed by atoms with Gasteiger partial charge in [0.05, 0.1) is 0 Å². The fraction of sp³-hybridized carbons (Fsp3) is 0.692. The zero-order valence-corrected chi connectivity index (χ0v) is 11.6. The van der Waals surface area contributed by atoms with E-state index in [2.05, 4.69) is 38.9 Å². The van der Waals surface area contributed by atoms with Crippen LogP contribution in [0.1, 0.15) is 18.9 Å². The molecule has 1 aromatic rings. The Labute approximate surface area is 109 Å². The van der Waals surface area contributed by atoms with Gasteiger partial charge in [-0.1, -0.05) is 6.92 Å². The zero-order chi connectivity index (χ0) is 13.0. The lowest BCUT2D eigenvalue weighted by molar-refractivity contribution is 0.258. The lowest BCUT2D eigenvalue weighted by Crippen LogP contribution is -2.47. The van der Waals surface area contributed by atoms with Gasteiger partial charge in [0.15, 0.2) is 0 Å². The minimum absolute atomic E-state index is 0.927. The molecular formula is C13H23N5. The summed E-state index contributed by atoms with van der Waals surface area (Å²) in [5.74, 6) is 2.00. The summed E-state index contributed by atoms with van der Waals surface area (Å²) >= 11 is 0. The molecule has 1 aliphatic rings. The van der Waals surface area contributed by atoms with Crippen molar-refractivity contribution in [3.05, 3.63) is 11.9 Å². The van der Waals surface area contributed by atoms with E-state index in [1.165, 1.54) is 13.0 Å². The summed E-state index contributed by atoms with van der Waals surface area (Å²) in [6.07, 6.45) is 2.88. The average Bonchev–Trinajstić information content (AvgIpc) is 2.41. The average molecular weight is 249 g/mol. The molecule has 1 aromatic heterocycles. The van der Waals surface area contributed by atoms with Crippen LogP contribution in [0.15, 0.2) is 6.33 Å².